The molecule has 6 atom stereocenters. The second-order valence-corrected chi connectivity index (χ2v) is 11.2. The van der Waals surface area contributed by atoms with Gasteiger partial charge >= 0.3 is 35.3 Å². The van der Waals surface area contributed by atoms with Gasteiger partial charge in [0, 0.05) is 6.20 Å². The highest BCUT2D eigenvalue weighted by Gasteiger charge is 2.55. The van der Waals surface area contributed by atoms with Crippen LogP contribution >= 0.6 is 23.5 Å². The third-order valence-electron chi connectivity index (χ3n) is 3.91. The maximum absolute atomic E-state index is 13.0. The van der Waals surface area contributed by atoms with E-state index in [0.717, 1.165) is 0 Å². The van der Waals surface area contributed by atoms with Crippen LogP contribution in [0.4, 0.5) is 19.0 Å². The summed E-state index contributed by atoms with van der Waals surface area (Å²) in [5.41, 5.74) is 2.14. The molecule has 1 aromatic heterocycles. The van der Waals surface area contributed by atoms with Crippen molar-refractivity contribution in [2.24, 2.45) is 0 Å². The van der Waals surface area contributed by atoms with Crippen molar-refractivity contribution >= 4 is 29.3 Å². The SMILES string of the molecule is Nc1nc(=O)n([C@@H]2O[C@H](COP3(=O)OP(=O)(O)OP(=O)(O)O3)[C@H](O)[C@@H]2O)cc1C(F)(F)F. The van der Waals surface area contributed by atoms with Gasteiger partial charge in [-0.05, 0) is 0 Å². The van der Waals surface area contributed by atoms with Gasteiger partial charge < -0.3 is 30.5 Å². The molecule has 2 aliphatic heterocycles. The summed E-state index contributed by atoms with van der Waals surface area (Å²) in [5, 5.41) is 20.1. The number of aliphatic hydroxyl groups is 2. The van der Waals surface area contributed by atoms with Gasteiger partial charge in [0.25, 0.3) is 0 Å². The minimum absolute atomic E-state index is 0.181. The number of hydrogen-bond acceptors (Lipinski definition) is 13. The summed E-state index contributed by atoms with van der Waals surface area (Å²) in [6.45, 7) is -1.13. The molecule has 182 valence electrons. The lowest BCUT2D eigenvalue weighted by Crippen LogP contribution is -2.37. The smallest absolute Gasteiger partial charge is 0.387 e. The topological polar surface area (TPSA) is 239 Å². The Morgan fingerprint density at radius 1 is 1.12 bits per heavy atom. The number of anilines is 1. The Labute approximate surface area is 174 Å². The van der Waals surface area contributed by atoms with Crippen LogP contribution in [0.5, 0.6) is 0 Å². The molecule has 0 aromatic carbocycles. The molecule has 2 saturated heterocycles. The summed E-state index contributed by atoms with van der Waals surface area (Å²) >= 11 is 0. The lowest BCUT2D eigenvalue weighted by molar-refractivity contribution is -0.138. The fourth-order valence-electron chi connectivity index (χ4n) is 2.62. The summed E-state index contributed by atoms with van der Waals surface area (Å²) in [6.07, 6.45) is -12.6. The highest BCUT2D eigenvalue weighted by molar-refractivity contribution is 7.74. The second-order valence-electron chi connectivity index (χ2n) is 6.20. The number of alkyl halides is 3. The number of ether oxygens (including phenoxy) is 1. The average molecular weight is 533 g/mol. The number of aromatic nitrogens is 2. The first-order chi connectivity index (χ1) is 14.4. The molecule has 2 unspecified atom stereocenters. The molecule has 32 heavy (non-hydrogen) atoms. The van der Waals surface area contributed by atoms with E-state index in [1.807, 2.05) is 0 Å². The minimum Gasteiger partial charge on any atom is -0.387 e. The van der Waals surface area contributed by atoms with E-state index in [2.05, 4.69) is 22.4 Å². The molecule has 16 nitrogen and oxygen atoms in total. The second kappa shape index (κ2) is 8.23. The molecule has 2 fully saturated rings. The lowest BCUT2D eigenvalue weighted by Gasteiger charge is -2.27. The van der Waals surface area contributed by atoms with Crippen LogP contribution in [0.2, 0.25) is 0 Å². The van der Waals surface area contributed by atoms with Crippen molar-refractivity contribution in [3.8, 4) is 0 Å². The van der Waals surface area contributed by atoms with Gasteiger partial charge in [-0.1, -0.05) is 0 Å². The van der Waals surface area contributed by atoms with Crippen molar-refractivity contribution in [1.82, 2.24) is 9.55 Å². The maximum atomic E-state index is 13.0. The molecule has 6 N–H and O–H groups in total. The molecule has 1 aromatic rings. The summed E-state index contributed by atoms with van der Waals surface area (Å²) in [4.78, 5) is 33.2. The van der Waals surface area contributed by atoms with Crippen molar-refractivity contribution in [1.29, 1.82) is 0 Å². The number of nitrogens with two attached hydrogens (primary N) is 1. The van der Waals surface area contributed by atoms with Crippen LogP contribution in [0.3, 0.4) is 0 Å². The van der Waals surface area contributed by atoms with Gasteiger partial charge in [0.2, 0.25) is 0 Å². The fourth-order valence-corrected chi connectivity index (χ4v) is 7.55. The summed E-state index contributed by atoms with van der Waals surface area (Å²) in [6, 6.07) is 0. The molecule has 0 bridgehead atoms. The third kappa shape index (κ3) is 5.30. The van der Waals surface area contributed by atoms with Crippen LogP contribution in [0, 0.1) is 0 Å². The normalized spacial score (nSPS) is 40.5. The molecular weight excluding hydrogens is 520 g/mol. The van der Waals surface area contributed by atoms with Crippen LogP contribution in [-0.4, -0.2) is 54.5 Å². The highest BCUT2D eigenvalue weighted by Crippen LogP contribution is 2.80. The number of rotatable bonds is 4. The van der Waals surface area contributed by atoms with Crippen LogP contribution in [-0.2, 0) is 42.1 Å². The molecule has 22 heteroatoms. The van der Waals surface area contributed by atoms with Crippen molar-refractivity contribution in [3.63, 3.8) is 0 Å². The summed E-state index contributed by atoms with van der Waals surface area (Å²) < 4.78 is 95.4. The van der Waals surface area contributed by atoms with Crippen molar-refractivity contribution in [2.45, 2.75) is 30.7 Å². The third-order valence-corrected chi connectivity index (χ3v) is 9.27. The van der Waals surface area contributed by atoms with Gasteiger partial charge in [-0.3, -0.25) is 9.09 Å². The first kappa shape index (κ1) is 25.4. The van der Waals surface area contributed by atoms with Gasteiger partial charge in [-0.15, -0.1) is 0 Å². The molecule has 3 rings (SSSR count). The molecule has 0 spiro atoms. The van der Waals surface area contributed by atoms with Crippen molar-refractivity contribution < 1.29 is 69.1 Å². The lowest BCUT2D eigenvalue weighted by atomic mass is 10.1. The first-order valence-electron chi connectivity index (χ1n) is 7.95. The number of aliphatic hydroxyl groups excluding tert-OH is 2. The number of nitrogens with zero attached hydrogens (tertiary/aromatic N) is 2. The molecule has 0 saturated carbocycles. The standard InChI is InChI=1S/C10H13F3N3O13P3/c11-10(12,13)3-1-16(9(19)15-7(3)14)8-6(18)5(17)4(26-8)2-25-32(24)28-30(20,21)27-31(22,23)29-32/h1,4-6,8,17-18H,2H2,(H,20,21)(H,22,23)(H2,14,15,19)/t4-,5+,6+,8-/m1/s1. The van der Waals surface area contributed by atoms with Crippen LogP contribution in [0.15, 0.2) is 11.0 Å². The van der Waals surface area contributed by atoms with Crippen LogP contribution < -0.4 is 11.4 Å². The fraction of sp³-hybridized carbons (Fsp3) is 0.600. The van der Waals surface area contributed by atoms with Gasteiger partial charge in [-0.2, -0.15) is 31.1 Å². The molecule has 0 radical (unpaired) electrons. The van der Waals surface area contributed by atoms with E-state index in [1.165, 1.54) is 0 Å². The number of halogens is 3. The largest absolute Gasteiger partial charge is 0.492 e. The van der Waals surface area contributed by atoms with Gasteiger partial charge in [0.05, 0.1) is 6.61 Å². The molecular formula is C10H13F3N3O13P3. The predicted molar refractivity (Wildman–Crippen MR) is 90.3 cm³/mol. The zero-order chi connectivity index (χ0) is 24.3. The Hall–Kier alpha value is -1.20. The Balaban J connectivity index is 1.81. The summed E-state index contributed by atoms with van der Waals surface area (Å²) in [5.74, 6) is -1.15. The molecule has 0 aliphatic carbocycles. The summed E-state index contributed by atoms with van der Waals surface area (Å²) in [7, 11) is -16.0. The maximum Gasteiger partial charge on any atom is 0.492 e. The predicted octanol–water partition coefficient (Wildman–Crippen LogP) is -0.148. The first-order valence-corrected chi connectivity index (χ1v) is 12.4. The van der Waals surface area contributed by atoms with E-state index >= 15 is 0 Å². The molecule has 0 amide bonds. The monoisotopic (exact) mass is 533 g/mol. The van der Waals surface area contributed by atoms with Crippen LogP contribution in [0.1, 0.15) is 11.8 Å². The van der Waals surface area contributed by atoms with Gasteiger partial charge in [0.15, 0.2) is 6.23 Å². The number of hydrogen-bond donors (Lipinski definition) is 5. The van der Waals surface area contributed by atoms with Gasteiger partial charge in [0.1, 0.15) is 29.7 Å². The zero-order valence-electron chi connectivity index (χ0n) is 15.0. The van der Waals surface area contributed by atoms with E-state index in [4.69, 9.17) is 20.3 Å². The van der Waals surface area contributed by atoms with Crippen molar-refractivity contribution in [3.05, 3.63) is 22.2 Å². The van der Waals surface area contributed by atoms with E-state index in [0.29, 0.717) is 0 Å². The highest BCUT2D eigenvalue weighted by atomic mass is 31.3. The van der Waals surface area contributed by atoms with Crippen molar-refractivity contribution in [2.75, 3.05) is 12.3 Å². The Kier molecular flexibility index (Phi) is 6.54. The minimum atomic E-state index is -5.36. The Bertz CT molecular complexity index is 1080. The van der Waals surface area contributed by atoms with E-state index in [-0.39, 0.29) is 10.8 Å². The van der Waals surface area contributed by atoms with Crippen LogP contribution in [0.25, 0.3) is 0 Å². The Morgan fingerprint density at radius 2 is 1.69 bits per heavy atom. The van der Waals surface area contributed by atoms with E-state index in [9.17, 15) is 41.9 Å². The quantitative estimate of drug-likeness (QED) is 0.316. The molecule has 3 heterocycles. The number of nitrogen functional groups attached to an aromatic ring is 1. The zero-order valence-corrected chi connectivity index (χ0v) is 17.7. The Morgan fingerprint density at radius 3 is 2.22 bits per heavy atom. The molecule has 2 aliphatic rings. The van der Waals surface area contributed by atoms with E-state index < -0.39 is 77.9 Å². The number of phosphoric acid groups is 3. The van der Waals surface area contributed by atoms with E-state index in [1.54, 1.807) is 0 Å². The average Bonchev–Trinajstić information content (AvgIpc) is 2.84. The van der Waals surface area contributed by atoms with Gasteiger partial charge in [-0.25, -0.2) is 18.5 Å².